The van der Waals surface area contributed by atoms with Gasteiger partial charge in [-0.2, -0.15) is 8.78 Å². The van der Waals surface area contributed by atoms with Gasteiger partial charge >= 0.3 is 6.61 Å². The van der Waals surface area contributed by atoms with Crippen molar-refractivity contribution >= 4 is 22.7 Å². The molecule has 2 aromatic heterocycles. The van der Waals surface area contributed by atoms with Crippen LogP contribution in [0.15, 0.2) is 54.7 Å². The molecule has 6 rings (SSSR count). The Labute approximate surface area is 254 Å². The van der Waals surface area contributed by atoms with Crippen molar-refractivity contribution in [3.63, 3.8) is 0 Å². The predicted octanol–water partition coefficient (Wildman–Crippen LogP) is 4.46. The molecule has 13 heteroatoms. The third kappa shape index (κ3) is 5.41. The lowest BCUT2D eigenvalue weighted by molar-refractivity contribution is -0.124. The van der Waals surface area contributed by atoms with Crippen LogP contribution in [0, 0.1) is 18.7 Å². The van der Waals surface area contributed by atoms with Gasteiger partial charge < -0.3 is 25.6 Å². The highest BCUT2D eigenvalue weighted by Crippen LogP contribution is 2.50. The molecule has 234 valence electrons. The van der Waals surface area contributed by atoms with Gasteiger partial charge in [0.1, 0.15) is 47.1 Å². The van der Waals surface area contributed by atoms with Crippen molar-refractivity contribution in [1.82, 2.24) is 15.3 Å². The number of nitrogens with two attached hydrogens (primary N) is 1. The molecule has 4 aromatic rings. The molecule has 0 radical (unpaired) electrons. The Morgan fingerprint density at radius 1 is 1.20 bits per heavy atom. The van der Waals surface area contributed by atoms with Gasteiger partial charge in [0, 0.05) is 28.3 Å². The first kappa shape index (κ1) is 30.3. The molecular formula is C32H28F4N4O5. The van der Waals surface area contributed by atoms with E-state index in [1.165, 1.54) is 42.6 Å². The number of ether oxygens (including phenoxy) is 2. The number of fused-ring (bicyclic) bond motifs is 2. The van der Waals surface area contributed by atoms with Gasteiger partial charge in [-0.25, -0.2) is 13.8 Å². The van der Waals surface area contributed by atoms with E-state index in [1.54, 1.807) is 13.0 Å². The van der Waals surface area contributed by atoms with Gasteiger partial charge in [-0.3, -0.25) is 14.6 Å². The number of carbonyl (C=O) groups is 2. The topological polar surface area (TPSA) is 137 Å². The van der Waals surface area contributed by atoms with Crippen LogP contribution in [-0.2, 0) is 15.8 Å². The molecule has 2 atom stereocenters. The number of carbonyl (C=O) groups excluding carboxylic acids is 2. The average Bonchev–Trinajstić information content (AvgIpc) is 3.80. The highest BCUT2D eigenvalue weighted by Gasteiger charge is 2.52. The molecule has 1 aliphatic heterocycles. The second kappa shape index (κ2) is 11.3. The van der Waals surface area contributed by atoms with Crippen LogP contribution in [-0.4, -0.2) is 53.3 Å². The Bertz CT molecular complexity index is 1820. The number of hydrogen-bond donors (Lipinski definition) is 3. The number of rotatable bonds is 10. The van der Waals surface area contributed by atoms with E-state index < -0.39 is 48.5 Å². The van der Waals surface area contributed by atoms with Crippen LogP contribution in [0.5, 0.6) is 11.5 Å². The number of halogens is 4. The van der Waals surface area contributed by atoms with Crippen molar-refractivity contribution < 1.29 is 41.7 Å². The quantitative estimate of drug-likeness (QED) is 0.222. The van der Waals surface area contributed by atoms with Crippen molar-refractivity contribution in [2.75, 3.05) is 19.8 Å². The van der Waals surface area contributed by atoms with E-state index in [1.807, 2.05) is 0 Å². The van der Waals surface area contributed by atoms with Crippen LogP contribution in [0.1, 0.15) is 40.0 Å². The monoisotopic (exact) mass is 624 g/mol. The summed E-state index contributed by atoms with van der Waals surface area (Å²) in [6, 6.07) is 10.9. The molecule has 0 saturated heterocycles. The summed E-state index contributed by atoms with van der Waals surface area (Å²) in [6.45, 7) is -3.35. The molecule has 1 fully saturated rings. The zero-order valence-electron chi connectivity index (χ0n) is 24.0. The van der Waals surface area contributed by atoms with Crippen LogP contribution in [0.4, 0.5) is 17.6 Å². The van der Waals surface area contributed by atoms with Gasteiger partial charge in [0.05, 0.1) is 12.2 Å². The van der Waals surface area contributed by atoms with Crippen molar-refractivity contribution in [2.24, 2.45) is 11.7 Å². The minimum Gasteiger partial charge on any atom is -0.489 e. The lowest BCUT2D eigenvalue weighted by Crippen LogP contribution is -2.46. The maximum absolute atomic E-state index is 14.5. The maximum Gasteiger partial charge on any atom is 0.387 e. The summed E-state index contributed by atoms with van der Waals surface area (Å²) in [4.78, 5) is 34.8. The van der Waals surface area contributed by atoms with Crippen molar-refractivity contribution in [1.29, 1.82) is 0 Å². The first-order chi connectivity index (χ1) is 21.4. The number of benzene rings is 2. The SMILES string of the molecule is Cc1cnc2c(OC(F)F)cc(C(=O)NCC(O)(c3cc4c(c(-c5ccc(F)cc5)n3)OC[C@]4(CF)C(N)=O)C3CC3)cc2c1. The van der Waals surface area contributed by atoms with Crippen molar-refractivity contribution in [3.8, 4) is 22.8 Å². The second-order valence-electron chi connectivity index (χ2n) is 11.4. The summed E-state index contributed by atoms with van der Waals surface area (Å²) in [5.41, 5.74) is 3.46. The Balaban J connectivity index is 1.40. The highest BCUT2D eigenvalue weighted by molar-refractivity contribution is 6.00. The van der Waals surface area contributed by atoms with Crippen LogP contribution in [0.2, 0.25) is 0 Å². The van der Waals surface area contributed by atoms with Gasteiger partial charge in [0.2, 0.25) is 5.91 Å². The molecule has 3 heterocycles. The van der Waals surface area contributed by atoms with E-state index >= 15 is 0 Å². The van der Waals surface area contributed by atoms with Gasteiger partial charge in [0.15, 0.2) is 5.75 Å². The average molecular weight is 625 g/mol. The zero-order valence-corrected chi connectivity index (χ0v) is 24.0. The van der Waals surface area contributed by atoms with Crippen molar-refractivity contribution in [3.05, 3.63) is 82.9 Å². The first-order valence-electron chi connectivity index (χ1n) is 14.1. The van der Waals surface area contributed by atoms with E-state index in [9.17, 15) is 32.3 Å². The van der Waals surface area contributed by atoms with E-state index in [0.29, 0.717) is 23.8 Å². The normalized spacial score (nSPS) is 18.7. The molecule has 2 aromatic carbocycles. The molecule has 0 bridgehead atoms. The van der Waals surface area contributed by atoms with Gasteiger partial charge in [-0.15, -0.1) is 0 Å². The summed E-state index contributed by atoms with van der Waals surface area (Å²) in [7, 11) is 0. The number of amides is 2. The summed E-state index contributed by atoms with van der Waals surface area (Å²) < 4.78 is 65.0. The number of aliphatic hydroxyl groups is 1. The molecule has 2 aliphatic rings. The summed E-state index contributed by atoms with van der Waals surface area (Å²) in [6.07, 6.45) is 2.64. The molecule has 1 unspecified atom stereocenters. The fourth-order valence-corrected chi connectivity index (χ4v) is 5.68. The molecule has 45 heavy (non-hydrogen) atoms. The fourth-order valence-electron chi connectivity index (χ4n) is 5.68. The van der Waals surface area contributed by atoms with E-state index in [4.69, 9.17) is 10.5 Å². The largest absolute Gasteiger partial charge is 0.489 e. The third-order valence-corrected chi connectivity index (χ3v) is 8.35. The lowest BCUT2D eigenvalue weighted by Gasteiger charge is -2.30. The van der Waals surface area contributed by atoms with Gasteiger partial charge in [-0.1, -0.05) is 0 Å². The molecular weight excluding hydrogens is 596 g/mol. The summed E-state index contributed by atoms with van der Waals surface area (Å²) >= 11 is 0. The Kier molecular flexibility index (Phi) is 7.59. The minimum atomic E-state index is -3.16. The van der Waals surface area contributed by atoms with Crippen LogP contribution in [0.25, 0.3) is 22.2 Å². The predicted molar refractivity (Wildman–Crippen MR) is 154 cm³/mol. The summed E-state index contributed by atoms with van der Waals surface area (Å²) in [5, 5.41) is 15.2. The standard InChI is InChI=1S/C32H28F4N4O5/c1-16-8-18-9-19(10-23(45-30(35)36)25(18)38-12-16)28(41)39-14-32(43,20-4-5-20)24-11-22-27(44-15-31(22,13-33)29(37)42)26(40-24)17-2-6-21(34)7-3-17/h2-3,6-12,20,30,43H,4-5,13-15H2,1H3,(H2,37,42)(H,39,41)/t31-,32?/m0/s1. The number of nitrogens with one attached hydrogen (secondary N) is 1. The number of hydrogen-bond acceptors (Lipinski definition) is 7. The molecule has 1 aliphatic carbocycles. The number of nitrogens with zero attached hydrogens (tertiary/aromatic N) is 2. The zero-order chi connectivity index (χ0) is 32.1. The first-order valence-corrected chi connectivity index (χ1v) is 14.1. The Morgan fingerprint density at radius 2 is 1.93 bits per heavy atom. The van der Waals surface area contributed by atoms with E-state index in [0.717, 1.165) is 11.6 Å². The van der Waals surface area contributed by atoms with Crippen LogP contribution >= 0.6 is 0 Å². The molecule has 9 nitrogen and oxygen atoms in total. The number of alkyl halides is 3. The van der Waals surface area contributed by atoms with E-state index in [2.05, 4.69) is 20.0 Å². The van der Waals surface area contributed by atoms with Gasteiger partial charge in [-0.05, 0) is 79.8 Å². The Morgan fingerprint density at radius 3 is 2.58 bits per heavy atom. The number of primary amides is 1. The minimum absolute atomic E-state index is 0.0174. The molecule has 1 saturated carbocycles. The molecule has 2 amide bonds. The maximum atomic E-state index is 14.5. The number of aromatic nitrogens is 2. The molecule has 4 N–H and O–H groups in total. The summed E-state index contributed by atoms with van der Waals surface area (Å²) in [5.74, 6) is -2.77. The fraction of sp³-hybridized carbons (Fsp3) is 0.312. The lowest BCUT2D eigenvalue weighted by atomic mass is 9.80. The third-order valence-electron chi connectivity index (χ3n) is 8.35. The van der Waals surface area contributed by atoms with Crippen LogP contribution < -0.4 is 20.5 Å². The Hall–Kier alpha value is -4.78. The molecule has 0 spiro atoms. The second-order valence-corrected chi connectivity index (χ2v) is 11.4. The smallest absolute Gasteiger partial charge is 0.387 e. The van der Waals surface area contributed by atoms with Gasteiger partial charge in [0.25, 0.3) is 5.91 Å². The van der Waals surface area contributed by atoms with Crippen molar-refractivity contribution in [2.45, 2.75) is 37.4 Å². The number of aryl methyl sites for hydroxylation is 1. The van der Waals surface area contributed by atoms with E-state index in [-0.39, 0.29) is 52.0 Å². The number of pyridine rings is 2. The highest BCUT2D eigenvalue weighted by atomic mass is 19.3. The van der Waals surface area contributed by atoms with Crippen LogP contribution in [0.3, 0.4) is 0 Å².